The largest absolute Gasteiger partial charge is 0.503 e. The van der Waals surface area contributed by atoms with Gasteiger partial charge < -0.3 is 23.9 Å². The summed E-state index contributed by atoms with van der Waals surface area (Å²) < 4.78 is 21.9. The minimum atomic E-state index is -0.775. The molecule has 16 heteroatoms. The van der Waals surface area contributed by atoms with Crippen LogP contribution in [0.5, 0.6) is 23.0 Å². The predicted molar refractivity (Wildman–Crippen MR) is 193 cm³/mol. The third kappa shape index (κ3) is 5.09. The van der Waals surface area contributed by atoms with Crippen LogP contribution < -0.4 is 31.1 Å². The van der Waals surface area contributed by atoms with E-state index in [0.717, 1.165) is 4.57 Å². The highest BCUT2D eigenvalue weighted by molar-refractivity contribution is 14.1. The van der Waals surface area contributed by atoms with E-state index in [-0.39, 0.29) is 69.4 Å². The summed E-state index contributed by atoms with van der Waals surface area (Å²) in [6.07, 6.45) is 3.09. The highest BCUT2D eigenvalue weighted by Gasteiger charge is 2.45. The summed E-state index contributed by atoms with van der Waals surface area (Å²) in [7, 11) is 5.99. The zero-order valence-electron chi connectivity index (χ0n) is 27.2. The summed E-state index contributed by atoms with van der Waals surface area (Å²) in [4.78, 5) is 72.9. The second kappa shape index (κ2) is 12.6. The number of phenols is 1. The molecule has 1 aliphatic heterocycles. The SMILES string of the molecule is COc1cc2nc(CCn3c(=O)n4n(c3=O)C3CC5=C(C(=O)C(I)=CC5=O)C(c5cc(Br)c(O)c(OC)c5)C3=CC4)c(=O)n(C)c2cc1OC. The third-order valence-electron chi connectivity index (χ3n) is 9.51. The van der Waals surface area contributed by atoms with Crippen molar-refractivity contribution in [1.82, 2.24) is 23.5 Å². The van der Waals surface area contributed by atoms with Gasteiger partial charge in [0.1, 0.15) is 5.69 Å². The average Bonchev–Trinajstić information content (AvgIpc) is 3.36. The minimum Gasteiger partial charge on any atom is -0.503 e. The first-order valence-electron chi connectivity index (χ1n) is 15.4. The Labute approximate surface area is 305 Å². The lowest BCUT2D eigenvalue weighted by atomic mass is 9.69. The number of halogens is 2. The van der Waals surface area contributed by atoms with E-state index in [1.54, 1.807) is 31.3 Å². The van der Waals surface area contributed by atoms with E-state index in [1.165, 1.54) is 41.3 Å². The molecule has 0 bridgehead atoms. The fraction of sp³-hybridized carbons (Fsp3) is 0.294. The maximum absolute atomic E-state index is 14.1. The maximum Gasteiger partial charge on any atom is 0.347 e. The molecule has 2 aromatic carbocycles. The number of fused-ring (bicyclic) bond motifs is 4. The molecule has 0 spiro atoms. The molecule has 2 aliphatic carbocycles. The number of aryl methyl sites for hydroxylation is 2. The molecule has 0 saturated heterocycles. The van der Waals surface area contributed by atoms with E-state index in [9.17, 15) is 29.1 Å². The lowest BCUT2D eigenvalue weighted by Gasteiger charge is -2.39. The number of benzene rings is 2. The molecule has 7 rings (SSSR count). The van der Waals surface area contributed by atoms with Gasteiger partial charge in [-0.15, -0.1) is 0 Å². The summed E-state index contributed by atoms with van der Waals surface area (Å²) in [6.45, 7) is -0.110. The zero-order valence-corrected chi connectivity index (χ0v) is 30.9. The van der Waals surface area contributed by atoms with Crippen LogP contribution in [0.25, 0.3) is 11.0 Å². The van der Waals surface area contributed by atoms with Crippen LogP contribution in [-0.2, 0) is 36.1 Å². The van der Waals surface area contributed by atoms with Crippen molar-refractivity contribution in [3.05, 3.63) is 104 Å². The lowest BCUT2D eigenvalue weighted by molar-refractivity contribution is -0.115. The first kappa shape index (κ1) is 33.8. The molecule has 258 valence electrons. The summed E-state index contributed by atoms with van der Waals surface area (Å²) in [5.41, 5.74) is 1.30. The molecule has 0 fully saturated rings. The molecule has 0 amide bonds. The van der Waals surface area contributed by atoms with Gasteiger partial charge in [-0.3, -0.25) is 14.4 Å². The van der Waals surface area contributed by atoms with Crippen molar-refractivity contribution in [2.24, 2.45) is 7.05 Å². The quantitative estimate of drug-likeness (QED) is 0.166. The Morgan fingerprint density at radius 1 is 0.980 bits per heavy atom. The fourth-order valence-electron chi connectivity index (χ4n) is 7.09. The third-order valence-corrected chi connectivity index (χ3v) is 10.9. The number of phenolic OH excluding ortho intramolecular Hbond substituents is 1. The molecule has 50 heavy (non-hydrogen) atoms. The van der Waals surface area contributed by atoms with Gasteiger partial charge in [0, 0.05) is 61.7 Å². The lowest BCUT2D eigenvalue weighted by Crippen LogP contribution is -2.40. The van der Waals surface area contributed by atoms with E-state index in [0.29, 0.717) is 43.7 Å². The van der Waals surface area contributed by atoms with Crippen LogP contribution in [-0.4, -0.2) is 61.5 Å². The number of ketones is 2. The number of aromatic hydroxyl groups is 1. The van der Waals surface area contributed by atoms with Crippen LogP contribution in [0.15, 0.2) is 75.6 Å². The number of carbonyl (C=O) groups is 2. The molecule has 3 heterocycles. The minimum absolute atomic E-state index is 0.0144. The van der Waals surface area contributed by atoms with Crippen LogP contribution in [0, 0.1) is 0 Å². The van der Waals surface area contributed by atoms with Crippen LogP contribution in [0.3, 0.4) is 0 Å². The number of rotatable bonds is 7. The van der Waals surface area contributed by atoms with Gasteiger partial charge in [0.25, 0.3) is 5.56 Å². The fourth-order valence-corrected chi connectivity index (χ4v) is 8.13. The topological polar surface area (TPSA) is 166 Å². The average molecular weight is 858 g/mol. The van der Waals surface area contributed by atoms with Crippen molar-refractivity contribution in [2.75, 3.05) is 21.3 Å². The summed E-state index contributed by atoms with van der Waals surface area (Å²) in [5, 5.41) is 10.5. The van der Waals surface area contributed by atoms with E-state index >= 15 is 0 Å². The Hall–Kier alpha value is -4.71. The first-order chi connectivity index (χ1) is 23.9. The molecule has 4 aromatic rings. The highest BCUT2D eigenvalue weighted by Crippen LogP contribution is 2.52. The number of hydrogen-bond donors (Lipinski definition) is 1. The van der Waals surface area contributed by atoms with Gasteiger partial charge in [-0.25, -0.2) is 28.5 Å². The van der Waals surface area contributed by atoms with Gasteiger partial charge in [0.2, 0.25) is 0 Å². The van der Waals surface area contributed by atoms with Gasteiger partial charge in [0.15, 0.2) is 34.6 Å². The maximum atomic E-state index is 14.1. The molecule has 3 aliphatic rings. The molecule has 2 atom stereocenters. The van der Waals surface area contributed by atoms with E-state index in [2.05, 4.69) is 20.9 Å². The second-order valence-electron chi connectivity index (χ2n) is 12.0. The Bertz CT molecular complexity index is 2470. The number of allylic oxidation sites excluding steroid dienone is 6. The molecule has 2 aromatic heterocycles. The van der Waals surface area contributed by atoms with Gasteiger partial charge in [-0.05, 0) is 61.8 Å². The van der Waals surface area contributed by atoms with Gasteiger partial charge in [-0.2, -0.15) is 0 Å². The normalized spacial score (nSPS) is 18.4. The Balaban J connectivity index is 1.31. The number of carbonyl (C=O) groups excluding carboxylic acids is 2. The number of hydrogen-bond acceptors (Lipinski definition) is 10. The molecule has 1 N–H and O–H groups in total. The number of nitrogens with zero attached hydrogens (tertiary/aromatic N) is 5. The standard InChI is InChI=1S/C34H29BrIN5O9/c1-38-23-14-26(49-3)25(48-2)13-21(23)37-20(32(38)45)6-7-39-33(46)40-8-5-16-22(41(40)34(39)47)11-17-24(42)12-19(36)31(44)29(17)28(16)15-9-18(35)30(43)27(10-15)50-4/h5,9-10,12-14,22,28,43H,6-8,11H2,1-4H3. The van der Waals surface area contributed by atoms with Gasteiger partial charge >= 0.3 is 11.4 Å². The molecular weight excluding hydrogens is 829 g/mol. The van der Waals surface area contributed by atoms with Gasteiger partial charge in [0.05, 0.1) is 53.0 Å². The Morgan fingerprint density at radius 2 is 1.68 bits per heavy atom. The van der Waals surface area contributed by atoms with Crippen molar-refractivity contribution in [2.45, 2.75) is 37.9 Å². The van der Waals surface area contributed by atoms with Crippen LogP contribution in [0.2, 0.25) is 0 Å². The molecule has 2 unspecified atom stereocenters. The molecule has 0 saturated carbocycles. The summed E-state index contributed by atoms with van der Waals surface area (Å²) in [5.74, 6) is -0.539. The van der Waals surface area contributed by atoms with Crippen LogP contribution >= 0.6 is 38.5 Å². The molecule has 0 radical (unpaired) electrons. The van der Waals surface area contributed by atoms with Crippen molar-refractivity contribution in [3.8, 4) is 23.0 Å². The Kier molecular flexibility index (Phi) is 8.48. The van der Waals surface area contributed by atoms with E-state index < -0.39 is 23.3 Å². The number of ether oxygens (including phenoxy) is 3. The first-order valence-corrected chi connectivity index (χ1v) is 17.3. The number of Topliss-reactive ketones (excluding diaryl/α,β-unsaturated/α-hetero) is 1. The van der Waals surface area contributed by atoms with Crippen molar-refractivity contribution < 1.29 is 28.9 Å². The highest BCUT2D eigenvalue weighted by atomic mass is 127. The predicted octanol–water partition coefficient (Wildman–Crippen LogP) is 3.23. The summed E-state index contributed by atoms with van der Waals surface area (Å²) >= 11 is 5.22. The number of aromatic nitrogens is 5. The van der Waals surface area contributed by atoms with Crippen molar-refractivity contribution in [1.29, 1.82) is 0 Å². The van der Waals surface area contributed by atoms with Crippen molar-refractivity contribution in [3.63, 3.8) is 0 Å². The molecular formula is C34H29BrIN5O9. The Morgan fingerprint density at radius 3 is 2.38 bits per heavy atom. The molecule has 14 nitrogen and oxygen atoms in total. The van der Waals surface area contributed by atoms with E-state index in [4.69, 9.17) is 14.2 Å². The smallest absolute Gasteiger partial charge is 0.347 e. The summed E-state index contributed by atoms with van der Waals surface area (Å²) in [6, 6.07) is 5.78. The van der Waals surface area contributed by atoms with Gasteiger partial charge in [-0.1, -0.05) is 6.08 Å². The van der Waals surface area contributed by atoms with Crippen LogP contribution in [0.1, 0.15) is 29.6 Å². The second-order valence-corrected chi connectivity index (χ2v) is 14.0. The monoisotopic (exact) mass is 857 g/mol. The van der Waals surface area contributed by atoms with Crippen LogP contribution in [0.4, 0.5) is 0 Å². The van der Waals surface area contributed by atoms with E-state index in [1.807, 2.05) is 28.7 Å². The van der Waals surface area contributed by atoms with Crippen molar-refractivity contribution >= 4 is 61.1 Å². The zero-order chi connectivity index (χ0) is 35.8. The number of methoxy groups -OCH3 is 3.